The number of carboxylic acid groups (broad SMARTS) is 2. The second-order valence-corrected chi connectivity index (χ2v) is 15.5. The average Bonchev–Trinajstić information content (AvgIpc) is 3.28. The molecule has 2 aromatic heterocycles. The van der Waals surface area contributed by atoms with Gasteiger partial charge in [0.1, 0.15) is 11.2 Å². The van der Waals surface area contributed by atoms with Crippen LogP contribution in [0, 0.1) is 0 Å². The van der Waals surface area contributed by atoms with Crippen molar-refractivity contribution >= 4 is 84.3 Å². The molecule has 9 aromatic rings. The van der Waals surface area contributed by atoms with Gasteiger partial charge in [0, 0.05) is 45.4 Å². The first-order valence-electron chi connectivity index (χ1n) is 19.3. The summed E-state index contributed by atoms with van der Waals surface area (Å²) < 4.78 is 6.91. The maximum absolute atomic E-state index is 15.1. The fourth-order valence-electron chi connectivity index (χ4n) is 8.30. The van der Waals surface area contributed by atoms with Gasteiger partial charge < -0.3 is 19.9 Å². The van der Waals surface area contributed by atoms with Gasteiger partial charge in [-0.05, 0) is 87.3 Å². The van der Waals surface area contributed by atoms with E-state index in [1.165, 1.54) is 6.20 Å². The molecule has 0 saturated heterocycles. The minimum atomic E-state index is -1.50. The van der Waals surface area contributed by atoms with E-state index in [0.29, 0.717) is 16.8 Å². The number of allylic oxidation sites excluding steroid dienone is 2. The lowest BCUT2D eigenvalue weighted by atomic mass is 9.87. The number of aromatic carboxylic acids is 2. The third-order valence-corrected chi connectivity index (χ3v) is 11.8. The first kappa shape index (κ1) is 38.4. The predicted octanol–water partition coefficient (Wildman–Crippen LogP) is 10.9. The number of nitrogens with one attached hydrogen (secondary N) is 1. The van der Waals surface area contributed by atoms with Gasteiger partial charge in [-0.1, -0.05) is 108 Å². The zero-order valence-electron chi connectivity index (χ0n) is 32.1. The van der Waals surface area contributed by atoms with E-state index in [9.17, 15) is 19.8 Å². The van der Waals surface area contributed by atoms with E-state index in [1.54, 1.807) is 54.8 Å². The zero-order valence-corrected chi connectivity index (χ0v) is 33.6. The Balaban J connectivity index is 1.50. The molecule has 10 rings (SSSR count). The Morgan fingerprint density at radius 1 is 0.613 bits per heavy atom. The summed E-state index contributed by atoms with van der Waals surface area (Å²) in [6, 6.07) is 35.8. The van der Waals surface area contributed by atoms with Crippen molar-refractivity contribution in [3.8, 4) is 44.6 Å². The summed E-state index contributed by atoms with van der Waals surface area (Å²) in [6.45, 7) is 0. The van der Waals surface area contributed by atoms with Crippen LogP contribution < -0.4 is 21.4 Å². The maximum atomic E-state index is 15.1. The number of aromatic nitrogens is 1. The summed E-state index contributed by atoms with van der Waals surface area (Å²) in [5.41, 5.74) is -0.0755. The first-order valence-corrected chi connectivity index (χ1v) is 20.0. The summed E-state index contributed by atoms with van der Waals surface area (Å²) in [5, 5.41) is 27.7. The highest BCUT2D eigenvalue weighted by molar-refractivity contribution is 6.41. The molecule has 0 bridgehead atoms. The molecule has 1 aliphatic rings. The molecule has 9 nitrogen and oxygen atoms in total. The highest BCUT2D eigenvalue weighted by Crippen LogP contribution is 2.47. The van der Waals surface area contributed by atoms with Gasteiger partial charge >= 0.3 is 11.9 Å². The molecule has 0 fully saturated rings. The van der Waals surface area contributed by atoms with E-state index in [4.69, 9.17) is 27.6 Å². The molecule has 11 heteroatoms. The number of hydrogen-bond donors (Lipinski definition) is 3. The monoisotopic (exact) mass is 850 g/mol. The first-order chi connectivity index (χ1) is 30.1. The second kappa shape index (κ2) is 15.0. The Bertz CT molecular complexity index is 3690. The third-order valence-electron chi connectivity index (χ3n) is 11.1. The number of hydrogen-bond acceptors (Lipinski definition) is 7. The zero-order chi connectivity index (χ0) is 42.8. The van der Waals surface area contributed by atoms with Crippen LogP contribution in [0.25, 0.3) is 93.8 Å². The number of benzene rings is 7. The van der Waals surface area contributed by atoms with Crippen LogP contribution in [0.2, 0.25) is 10.0 Å². The largest absolute Gasteiger partial charge is 0.478 e. The molecule has 298 valence electrons. The van der Waals surface area contributed by atoms with E-state index in [-0.39, 0.29) is 60.7 Å². The normalized spacial score (nSPS) is 13.3. The number of nitrogens with zero attached hydrogens (tertiary/aromatic N) is 1. The Kier molecular flexibility index (Phi) is 9.28. The van der Waals surface area contributed by atoms with Gasteiger partial charge in [-0.25, -0.2) is 9.59 Å². The van der Waals surface area contributed by atoms with Crippen molar-refractivity contribution in [2.24, 2.45) is 0 Å². The van der Waals surface area contributed by atoms with Crippen LogP contribution in [0.3, 0.4) is 0 Å². The average molecular weight is 852 g/mol. The molecule has 3 N–H and O–H groups in total. The minimum absolute atomic E-state index is 0.0111. The van der Waals surface area contributed by atoms with E-state index in [1.807, 2.05) is 84.9 Å². The van der Waals surface area contributed by atoms with Crippen molar-refractivity contribution in [3.63, 3.8) is 0 Å². The number of halogens is 2. The maximum Gasteiger partial charge on any atom is 0.337 e. The van der Waals surface area contributed by atoms with Crippen molar-refractivity contribution < 1.29 is 24.2 Å². The Morgan fingerprint density at radius 3 is 1.81 bits per heavy atom. The highest BCUT2D eigenvalue weighted by atomic mass is 35.5. The molecular weight excluding hydrogens is 823 g/mol. The van der Waals surface area contributed by atoms with E-state index in [2.05, 4.69) is 10.3 Å². The molecule has 1 aliphatic heterocycles. The number of dihydropyridines is 1. The van der Waals surface area contributed by atoms with Crippen molar-refractivity contribution in [1.82, 2.24) is 10.3 Å². The molecule has 7 aromatic carbocycles. The fraction of sp³-hybridized carbons (Fsp3) is 0. The molecule has 62 heavy (non-hydrogen) atoms. The molecule has 0 aliphatic carbocycles. The number of pyridine rings is 1. The van der Waals surface area contributed by atoms with Gasteiger partial charge in [0.2, 0.25) is 0 Å². The minimum Gasteiger partial charge on any atom is -0.478 e. The number of carbonyl (C=O) groups is 2. The summed E-state index contributed by atoms with van der Waals surface area (Å²) in [6.07, 6.45) is 8.35. The predicted molar refractivity (Wildman–Crippen MR) is 245 cm³/mol. The second-order valence-electron chi connectivity index (χ2n) is 14.7. The van der Waals surface area contributed by atoms with Crippen molar-refractivity contribution in [2.45, 2.75) is 0 Å². The lowest BCUT2D eigenvalue weighted by Crippen LogP contribution is -2.32. The van der Waals surface area contributed by atoms with Crippen LogP contribution in [-0.4, -0.2) is 27.1 Å². The van der Waals surface area contributed by atoms with Crippen LogP contribution >= 0.6 is 23.2 Å². The van der Waals surface area contributed by atoms with Crippen molar-refractivity contribution in [1.29, 1.82) is 0 Å². The van der Waals surface area contributed by atoms with Crippen molar-refractivity contribution in [2.75, 3.05) is 0 Å². The van der Waals surface area contributed by atoms with Gasteiger partial charge in [0.05, 0.1) is 43.3 Å². The lowest BCUT2D eigenvalue weighted by molar-refractivity contribution is 0.0682. The van der Waals surface area contributed by atoms with E-state index in [0.717, 1.165) is 27.6 Å². The van der Waals surface area contributed by atoms with Crippen LogP contribution in [0.1, 0.15) is 20.7 Å². The lowest BCUT2D eigenvalue weighted by Gasteiger charge is -2.20. The summed E-state index contributed by atoms with van der Waals surface area (Å²) in [4.78, 5) is 61.1. The molecule has 0 spiro atoms. The van der Waals surface area contributed by atoms with Crippen LogP contribution in [-0.2, 0) is 0 Å². The van der Waals surface area contributed by atoms with Crippen LogP contribution in [0.15, 0.2) is 166 Å². The number of carboxylic acids is 2. The smallest absolute Gasteiger partial charge is 0.337 e. The molecule has 0 amide bonds. The van der Waals surface area contributed by atoms with Crippen LogP contribution in [0.5, 0.6) is 0 Å². The molecule has 0 unspecified atom stereocenters. The van der Waals surface area contributed by atoms with E-state index >= 15 is 9.59 Å². The number of fused-ring (bicyclic) bond motifs is 4. The molecular formula is C51H28Cl2N2O7. The standard InChI is InChI=1S/C51H28Cl2N2O7/c52-37-25-36(50(58)59)45(53)44(41(37)51(60)61)40-34-23-32(30-17-15-26-9-1-3-11-28(26)21-30)46(56)42(38-13-5-7-19-54-38)48(34)62-49-35(40)24-33(47(57)43(49)39-14-6-8-20-55-39)31-18-16-27-10-2-4-12-29(27)22-31/h1-25,54H,(H,58,59)(H,60,61)/b42-38+. The Hall–Kier alpha value is -7.85. The van der Waals surface area contributed by atoms with E-state index < -0.39 is 44.0 Å². The molecule has 3 heterocycles. The highest BCUT2D eigenvalue weighted by Gasteiger charge is 2.31. The topological polar surface area (TPSA) is 147 Å². The van der Waals surface area contributed by atoms with Gasteiger partial charge in [-0.2, -0.15) is 0 Å². The summed E-state index contributed by atoms with van der Waals surface area (Å²) in [5.74, 6) is -2.96. The van der Waals surface area contributed by atoms with Gasteiger partial charge in [-0.3, -0.25) is 14.6 Å². The summed E-state index contributed by atoms with van der Waals surface area (Å²) >= 11 is 13.8. The van der Waals surface area contributed by atoms with Gasteiger partial charge in [0.15, 0.2) is 10.9 Å². The molecule has 0 saturated carbocycles. The molecule has 0 radical (unpaired) electrons. The van der Waals surface area contributed by atoms with Gasteiger partial charge in [-0.15, -0.1) is 0 Å². The fourth-order valence-corrected chi connectivity index (χ4v) is 8.91. The number of rotatable bonds is 6. The Labute approximate surface area is 360 Å². The molecule has 0 atom stereocenters. The summed E-state index contributed by atoms with van der Waals surface area (Å²) in [7, 11) is 0. The SMILES string of the molecule is O=C(O)c1cc(Cl)c(C(=O)O)c(-c2c3cc(-c4ccc5ccccc5c4)c(=O)c(-c4ccccn4)c3oc3/c(=C4\C=CC=CN4)c(=O)c(-c4ccc5ccccc5c4)cc23)c1Cl. The third kappa shape index (κ3) is 6.22. The van der Waals surface area contributed by atoms with Crippen molar-refractivity contribution in [3.05, 3.63) is 199 Å². The Morgan fingerprint density at radius 2 is 1.23 bits per heavy atom. The van der Waals surface area contributed by atoms with Gasteiger partial charge in [0.25, 0.3) is 0 Å². The van der Waals surface area contributed by atoms with Crippen LogP contribution in [0.4, 0.5) is 0 Å². The quantitative estimate of drug-likeness (QED) is 0.139.